The molecule has 1 aliphatic rings. The fraction of sp³-hybridized carbons (Fsp3) is 0.167. The lowest BCUT2D eigenvalue weighted by atomic mass is 9.94. The third-order valence-corrected chi connectivity index (χ3v) is 4.66. The molecule has 0 saturated carbocycles. The number of aryl methyl sites for hydroxylation is 3. The predicted octanol–water partition coefficient (Wildman–Crippen LogP) is 4.05. The van der Waals surface area contributed by atoms with Gasteiger partial charge < -0.3 is 0 Å². The molecule has 0 N–H and O–H groups in total. The van der Waals surface area contributed by atoms with Gasteiger partial charge in [-0.15, -0.1) is 0 Å². The van der Waals surface area contributed by atoms with Gasteiger partial charge in [-0.2, -0.15) is 0 Å². The number of fused-ring (bicyclic) bond motifs is 3. The van der Waals surface area contributed by atoms with Gasteiger partial charge in [-0.05, 0) is 36.3 Å². The molecule has 0 spiro atoms. The molecular formula is C18H14N2. The molecule has 0 radical (unpaired) electrons. The van der Waals surface area contributed by atoms with Crippen molar-refractivity contribution in [3.8, 4) is 0 Å². The van der Waals surface area contributed by atoms with Crippen LogP contribution in [-0.2, 0) is 12.8 Å². The van der Waals surface area contributed by atoms with E-state index in [4.69, 9.17) is 4.98 Å². The van der Waals surface area contributed by atoms with Gasteiger partial charge in [0.15, 0.2) is 0 Å². The summed E-state index contributed by atoms with van der Waals surface area (Å²) in [7, 11) is 0. The number of benzene rings is 2. The van der Waals surface area contributed by atoms with Gasteiger partial charge in [0, 0.05) is 22.7 Å². The molecule has 0 unspecified atom stereocenters. The van der Waals surface area contributed by atoms with Crippen LogP contribution in [-0.4, -0.2) is 9.38 Å². The van der Waals surface area contributed by atoms with Gasteiger partial charge >= 0.3 is 0 Å². The molecule has 4 aromatic rings. The van der Waals surface area contributed by atoms with E-state index < -0.39 is 0 Å². The van der Waals surface area contributed by atoms with Crippen LogP contribution >= 0.6 is 0 Å². The number of aromatic nitrogens is 2. The van der Waals surface area contributed by atoms with Crippen molar-refractivity contribution in [3.63, 3.8) is 0 Å². The van der Waals surface area contributed by atoms with E-state index in [2.05, 4.69) is 47.7 Å². The van der Waals surface area contributed by atoms with E-state index in [0.717, 1.165) is 18.5 Å². The quantitative estimate of drug-likeness (QED) is 0.435. The first kappa shape index (κ1) is 10.4. The number of nitrogens with zero attached hydrogens (tertiary/aromatic N) is 2. The number of hydrogen-bond acceptors (Lipinski definition) is 1. The fourth-order valence-electron chi connectivity index (χ4n) is 3.69. The Bertz CT molecular complexity index is 1010. The maximum Gasteiger partial charge on any atom is 0.145 e. The molecule has 2 aromatic carbocycles. The highest BCUT2D eigenvalue weighted by molar-refractivity contribution is 6.12. The zero-order chi connectivity index (χ0) is 13.3. The monoisotopic (exact) mass is 258 g/mol. The summed E-state index contributed by atoms with van der Waals surface area (Å²) < 4.78 is 2.38. The molecule has 0 amide bonds. The summed E-state index contributed by atoms with van der Waals surface area (Å²) in [6.45, 7) is 2.22. The van der Waals surface area contributed by atoms with E-state index in [1.54, 1.807) is 0 Å². The van der Waals surface area contributed by atoms with Crippen LogP contribution < -0.4 is 0 Å². The van der Waals surface area contributed by atoms with Gasteiger partial charge in [-0.3, -0.25) is 4.40 Å². The fourth-order valence-corrected chi connectivity index (χ4v) is 3.69. The van der Waals surface area contributed by atoms with Crippen LogP contribution in [0.2, 0.25) is 0 Å². The minimum absolute atomic E-state index is 1.09. The zero-order valence-corrected chi connectivity index (χ0v) is 11.4. The van der Waals surface area contributed by atoms with Gasteiger partial charge in [0.25, 0.3) is 0 Å². The van der Waals surface area contributed by atoms with Crippen LogP contribution in [0, 0.1) is 6.92 Å². The van der Waals surface area contributed by atoms with Crippen molar-refractivity contribution in [1.29, 1.82) is 0 Å². The summed E-state index contributed by atoms with van der Waals surface area (Å²) in [6, 6.07) is 13.1. The van der Waals surface area contributed by atoms with Crippen LogP contribution in [0.15, 0.2) is 42.6 Å². The normalized spacial score (nSPS) is 13.8. The van der Waals surface area contributed by atoms with Crippen LogP contribution in [0.3, 0.4) is 0 Å². The summed E-state index contributed by atoms with van der Waals surface area (Å²) in [5.74, 6) is 0. The molecule has 96 valence electrons. The predicted molar refractivity (Wildman–Crippen MR) is 82.3 cm³/mol. The Hall–Kier alpha value is -2.35. The standard InChI is InChI=1S/C18H14N2/c1-11-6-8-15-14-4-2-3-5-16(14)18-19-10-12-7-9-13(11)17(15)20(12)18/h2-6,8,10H,7,9H2,1H3. The summed E-state index contributed by atoms with van der Waals surface area (Å²) >= 11 is 0. The lowest BCUT2D eigenvalue weighted by Crippen LogP contribution is -2.08. The second kappa shape index (κ2) is 3.40. The average Bonchev–Trinajstić information content (AvgIpc) is 2.92. The summed E-state index contributed by atoms with van der Waals surface area (Å²) in [5, 5.41) is 3.92. The lowest BCUT2D eigenvalue weighted by molar-refractivity contribution is 0.870. The van der Waals surface area contributed by atoms with Crippen LogP contribution in [0.4, 0.5) is 0 Å². The van der Waals surface area contributed by atoms with E-state index in [1.807, 2.05) is 6.20 Å². The van der Waals surface area contributed by atoms with Crippen molar-refractivity contribution >= 4 is 27.3 Å². The zero-order valence-electron chi connectivity index (χ0n) is 11.4. The Balaban J connectivity index is 2.25. The first-order chi connectivity index (χ1) is 9.84. The Labute approximate surface area is 116 Å². The molecule has 0 saturated heterocycles. The molecule has 0 aliphatic carbocycles. The Kier molecular flexibility index (Phi) is 1.77. The number of rotatable bonds is 0. The molecule has 0 bridgehead atoms. The summed E-state index contributed by atoms with van der Waals surface area (Å²) in [6.07, 6.45) is 4.27. The summed E-state index contributed by atoms with van der Waals surface area (Å²) in [5.41, 5.74) is 6.71. The largest absolute Gasteiger partial charge is 0.296 e. The maximum absolute atomic E-state index is 4.69. The molecule has 20 heavy (non-hydrogen) atoms. The number of hydrogen-bond donors (Lipinski definition) is 0. The Morgan fingerprint density at radius 2 is 1.80 bits per heavy atom. The summed E-state index contributed by atoms with van der Waals surface area (Å²) in [4.78, 5) is 4.69. The lowest BCUT2D eigenvalue weighted by Gasteiger charge is -2.20. The van der Waals surface area contributed by atoms with E-state index in [0.29, 0.717) is 0 Å². The Morgan fingerprint density at radius 3 is 2.70 bits per heavy atom. The first-order valence-electron chi connectivity index (χ1n) is 7.14. The van der Waals surface area contributed by atoms with Gasteiger partial charge in [0.1, 0.15) is 5.65 Å². The maximum atomic E-state index is 4.69. The highest BCUT2D eigenvalue weighted by atomic mass is 15.0. The molecule has 2 nitrogen and oxygen atoms in total. The number of imidazole rings is 1. The highest BCUT2D eigenvalue weighted by Crippen LogP contribution is 2.35. The van der Waals surface area contributed by atoms with Crippen molar-refractivity contribution in [2.24, 2.45) is 0 Å². The van der Waals surface area contributed by atoms with E-state index in [1.165, 1.54) is 38.5 Å². The average molecular weight is 258 g/mol. The number of pyridine rings is 1. The first-order valence-corrected chi connectivity index (χ1v) is 7.14. The molecule has 2 heteroatoms. The van der Waals surface area contributed by atoms with E-state index in [9.17, 15) is 0 Å². The molecule has 5 rings (SSSR count). The SMILES string of the molecule is Cc1ccc2c3ccccc3c3ncc4n3c2c1CC4. The highest BCUT2D eigenvalue weighted by Gasteiger charge is 2.20. The molecule has 1 aliphatic heterocycles. The van der Waals surface area contributed by atoms with Crippen LogP contribution in [0.1, 0.15) is 16.8 Å². The van der Waals surface area contributed by atoms with Gasteiger partial charge in [-0.1, -0.05) is 36.4 Å². The molecule has 3 heterocycles. The van der Waals surface area contributed by atoms with Crippen molar-refractivity contribution in [2.45, 2.75) is 19.8 Å². The second-order valence-corrected chi connectivity index (χ2v) is 5.71. The van der Waals surface area contributed by atoms with Crippen molar-refractivity contribution in [3.05, 3.63) is 59.4 Å². The second-order valence-electron chi connectivity index (χ2n) is 5.71. The molecule has 0 fully saturated rings. The third kappa shape index (κ3) is 1.08. The minimum Gasteiger partial charge on any atom is -0.296 e. The smallest absolute Gasteiger partial charge is 0.145 e. The van der Waals surface area contributed by atoms with Crippen LogP contribution in [0.25, 0.3) is 27.3 Å². The van der Waals surface area contributed by atoms with Crippen LogP contribution in [0.5, 0.6) is 0 Å². The molecule has 0 atom stereocenters. The molecular weight excluding hydrogens is 244 g/mol. The van der Waals surface area contributed by atoms with Gasteiger partial charge in [-0.25, -0.2) is 4.98 Å². The topological polar surface area (TPSA) is 17.3 Å². The van der Waals surface area contributed by atoms with E-state index >= 15 is 0 Å². The van der Waals surface area contributed by atoms with Gasteiger partial charge in [0.05, 0.1) is 5.52 Å². The van der Waals surface area contributed by atoms with E-state index in [-0.39, 0.29) is 0 Å². The van der Waals surface area contributed by atoms with Gasteiger partial charge in [0.2, 0.25) is 0 Å². The van der Waals surface area contributed by atoms with Crippen molar-refractivity contribution < 1.29 is 0 Å². The Morgan fingerprint density at radius 1 is 0.950 bits per heavy atom. The minimum atomic E-state index is 1.09. The van der Waals surface area contributed by atoms with Crippen molar-refractivity contribution in [1.82, 2.24) is 9.38 Å². The molecule has 2 aromatic heterocycles. The van der Waals surface area contributed by atoms with Crippen molar-refractivity contribution in [2.75, 3.05) is 0 Å². The third-order valence-electron chi connectivity index (χ3n) is 4.66.